The molecule has 106 valence electrons. The molecule has 1 amide bonds. The Balaban J connectivity index is 3.22. The summed E-state index contributed by atoms with van der Waals surface area (Å²) < 4.78 is 22.7. The van der Waals surface area contributed by atoms with E-state index in [1.54, 1.807) is 0 Å². The molecule has 0 saturated carbocycles. The van der Waals surface area contributed by atoms with Crippen LogP contribution in [0.1, 0.15) is 24.2 Å². The summed E-state index contributed by atoms with van der Waals surface area (Å²) in [5.41, 5.74) is -0.0194. The Morgan fingerprint density at radius 1 is 1.32 bits per heavy atom. The van der Waals surface area contributed by atoms with Crippen LogP contribution in [0.3, 0.4) is 0 Å². The molecule has 4 nitrogen and oxygen atoms in total. The first-order chi connectivity index (χ1) is 8.62. The highest BCUT2D eigenvalue weighted by Crippen LogP contribution is 2.31. The lowest BCUT2D eigenvalue weighted by Crippen LogP contribution is -2.27. The number of halogens is 3. The minimum Gasteiger partial charge on any atom is -0.352 e. The number of nitrogens with one attached hydrogen (secondary N) is 1. The molecule has 1 aromatic rings. The summed E-state index contributed by atoms with van der Waals surface area (Å²) in [4.78, 5) is 11.5. The Labute approximate surface area is 126 Å². The van der Waals surface area contributed by atoms with Gasteiger partial charge in [-0.3, -0.25) is 4.79 Å². The number of hydrogen-bond donors (Lipinski definition) is 1. The van der Waals surface area contributed by atoms with E-state index in [4.69, 9.17) is 33.9 Å². The lowest BCUT2D eigenvalue weighted by Gasteiger charge is -2.11. The lowest BCUT2D eigenvalue weighted by molar-refractivity contribution is 0.0949. The topological polar surface area (TPSA) is 63.2 Å². The van der Waals surface area contributed by atoms with E-state index in [0.717, 1.165) is 6.07 Å². The molecule has 1 N–H and O–H groups in total. The van der Waals surface area contributed by atoms with Gasteiger partial charge in [0.25, 0.3) is 15.0 Å². The molecule has 0 aliphatic rings. The Kier molecular flexibility index (Phi) is 5.50. The Hall–Kier alpha value is -0.490. The van der Waals surface area contributed by atoms with Crippen molar-refractivity contribution in [2.45, 2.75) is 18.7 Å². The van der Waals surface area contributed by atoms with Crippen LogP contribution < -0.4 is 5.32 Å². The van der Waals surface area contributed by atoms with Gasteiger partial charge in [-0.25, -0.2) is 8.42 Å². The predicted octanol–water partition coefficient (Wildman–Crippen LogP) is 3.31. The largest absolute Gasteiger partial charge is 0.352 e. The molecule has 0 heterocycles. The van der Waals surface area contributed by atoms with Crippen LogP contribution >= 0.6 is 33.9 Å². The molecule has 0 fully saturated rings. The SMILES string of the molecule is CC(C)CNC(=O)c1cc(Cl)cc(S(=O)(=O)Cl)c1Cl. The molecule has 0 unspecified atom stereocenters. The quantitative estimate of drug-likeness (QED) is 0.852. The maximum absolute atomic E-state index is 11.9. The minimum atomic E-state index is -4.07. The van der Waals surface area contributed by atoms with Crippen LogP contribution in [0, 0.1) is 5.92 Å². The minimum absolute atomic E-state index is 0.0194. The summed E-state index contributed by atoms with van der Waals surface area (Å²) in [6.07, 6.45) is 0. The van der Waals surface area contributed by atoms with Gasteiger partial charge < -0.3 is 5.32 Å². The van der Waals surface area contributed by atoms with Crippen molar-refractivity contribution < 1.29 is 13.2 Å². The van der Waals surface area contributed by atoms with Crippen molar-refractivity contribution >= 4 is 48.8 Å². The van der Waals surface area contributed by atoms with Crippen LogP contribution in [-0.4, -0.2) is 20.9 Å². The second-order valence-electron chi connectivity index (χ2n) is 4.31. The van der Waals surface area contributed by atoms with Crippen molar-refractivity contribution in [3.8, 4) is 0 Å². The maximum atomic E-state index is 11.9. The lowest BCUT2D eigenvalue weighted by atomic mass is 10.2. The Morgan fingerprint density at radius 3 is 2.37 bits per heavy atom. The van der Waals surface area contributed by atoms with Gasteiger partial charge in [-0.15, -0.1) is 0 Å². The van der Waals surface area contributed by atoms with E-state index < -0.39 is 15.0 Å². The summed E-state index contributed by atoms with van der Waals surface area (Å²) in [5, 5.41) is 2.46. The molecule has 0 radical (unpaired) electrons. The second-order valence-corrected chi connectivity index (χ2v) is 7.66. The fourth-order valence-corrected chi connectivity index (χ4v) is 3.16. The van der Waals surface area contributed by atoms with Gasteiger partial charge in [0.15, 0.2) is 0 Å². The third-order valence-corrected chi connectivity index (χ3v) is 4.27. The highest BCUT2D eigenvalue weighted by molar-refractivity contribution is 8.13. The zero-order valence-electron chi connectivity index (χ0n) is 10.2. The summed E-state index contributed by atoms with van der Waals surface area (Å²) in [7, 11) is 1.17. The van der Waals surface area contributed by atoms with Gasteiger partial charge >= 0.3 is 0 Å². The molecule has 0 saturated heterocycles. The van der Waals surface area contributed by atoms with Crippen LogP contribution in [-0.2, 0) is 9.05 Å². The summed E-state index contributed by atoms with van der Waals surface area (Å²) in [5.74, 6) is -0.249. The van der Waals surface area contributed by atoms with Crippen LogP contribution in [0.2, 0.25) is 10.0 Å². The molecule has 1 aromatic carbocycles. The van der Waals surface area contributed by atoms with Gasteiger partial charge in [0, 0.05) is 22.2 Å². The third-order valence-electron chi connectivity index (χ3n) is 2.18. The average Bonchev–Trinajstić information content (AvgIpc) is 2.27. The fraction of sp³-hybridized carbons (Fsp3) is 0.364. The van der Waals surface area contributed by atoms with E-state index >= 15 is 0 Å². The molecule has 0 atom stereocenters. The van der Waals surface area contributed by atoms with Gasteiger partial charge in [0.2, 0.25) is 0 Å². The van der Waals surface area contributed by atoms with E-state index in [-0.39, 0.29) is 26.4 Å². The number of amides is 1. The number of carbonyl (C=O) groups excluding carboxylic acids is 1. The van der Waals surface area contributed by atoms with Gasteiger partial charge in [-0.05, 0) is 18.1 Å². The average molecular weight is 345 g/mol. The molecule has 0 bridgehead atoms. The molecule has 0 aliphatic heterocycles. The zero-order valence-corrected chi connectivity index (χ0v) is 13.3. The molecule has 8 heteroatoms. The highest BCUT2D eigenvalue weighted by atomic mass is 35.7. The third kappa shape index (κ3) is 4.53. The smallest absolute Gasteiger partial charge is 0.262 e. The van der Waals surface area contributed by atoms with E-state index in [2.05, 4.69) is 5.32 Å². The normalized spacial score (nSPS) is 11.7. The van der Waals surface area contributed by atoms with Gasteiger partial charge in [-0.2, -0.15) is 0 Å². The van der Waals surface area contributed by atoms with Crippen molar-refractivity contribution in [2.75, 3.05) is 6.54 Å². The van der Waals surface area contributed by atoms with Crippen molar-refractivity contribution in [3.05, 3.63) is 27.7 Å². The van der Waals surface area contributed by atoms with Crippen molar-refractivity contribution in [1.29, 1.82) is 0 Å². The number of hydrogen-bond acceptors (Lipinski definition) is 3. The molecular weight excluding hydrogens is 333 g/mol. The van der Waals surface area contributed by atoms with Gasteiger partial charge in [0.1, 0.15) is 4.90 Å². The Morgan fingerprint density at radius 2 is 1.89 bits per heavy atom. The van der Waals surface area contributed by atoms with E-state index in [9.17, 15) is 13.2 Å². The highest BCUT2D eigenvalue weighted by Gasteiger charge is 2.22. The van der Waals surface area contributed by atoms with Crippen LogP contribution in [0.4, 0.5) is 0 Å². The van der Waals surface area contributed by atoms with Crippen LogP contribution in [0.15, 0.2) is 17.0 Å². The first-order valence-electron chi connectivity index (χ1n) is 5.35. The van der Waals surface area contributed by atoms with E-state index in [0.29, 0.717) is 6.54 Å². The van der Waals surface area contributed by atoms with Gasteiger partial charge in [-0.1, -0.05) is 37.0 Å². The fourth-order valence-electron chi connectivity index (χ4n) is 1.30. The number of benzene rings is 1. The number of carbonyl (C=O) groups is 1. The van der Waals surface area contributed by atoms with Crippen molar-refractivity contribution in [2.24, 2.45) is 5.92 Å². The van der Waals surface area contributed by atoms with Crippen LogP contribution in [0.5, 0.6) is 0 Å². The molecule has 0 aromatic heterocycles. The number of rotatable bonds is 4. The zero-order chi connectivity index (χ0) is 14.8. The predicted molar refractivity (Wildman–Crippen MR) is 76.7 cm³/mol. The second kappa shape index (κ2) is 6.31. The molecule has 0 aliphatic carbocycles. The van der Waals surface area contributed by atoms with Crippen molar-refractivity contribution in [1.82, 2.24) is 5.32 Å². The standard InChI is InChI=1S/C11H12Cl3NO3S/c1-6(2)5-15-11(16)8-3-7(12)4-9(10(8)13)19(14,17)18/h3-4,6H,5H2,1-2H3,(H,15,16). The first kappa shape index (κ1) is 16.6. The monoisotopic (exact) mass is 343 g/mol. The summed E-state index contributed by atoms with van der Waals surface area (Å²) in [6, 6.07) is 2.40. The van der Waals surface area contributed by atoms with Crippen molar-refractivity contribution in [3.63, 3.8) is 0 Å². The van der Waals surface area contributed by atoms with E-state index in [1.807, 2.05) is 13.8 Å². The molecule has 19 heavy (non-hydrogen) atoms. The summed E-state index contributed by atoms with van der Waals surface area (Å²) >= 11 is 11.7. The van der Waals surface area contributed by atoms with Crippen LogP contribution in [0.25, 0.3) is 0 Å². The Bertz CT molecular complexity index is 599. The summed E-state index contributed by atoms with van der Waals surface area (Å²) in [6.45, 7) is 4.29. The first-order valence-corrected chi connectivity index (χ1v) is 8.41. The van der Waals surface area contributed by atoms with Gasteiger partial charge in [0.05, 0.1) is 10.6 Å². The molecular formula is C11H12Cl3NO3S. The molecule has 0 spiro atoms. The van der Waals surface area contributed by atoms with E-state index in [1.165, 1.54) is 6.07 Å². The molecule has 1 rings (SSSR count). The maximum Gasteiger partial charge on any atom is 0.262 e.